The highest BCUT2D eigenvalue weighted by Gasteiger charge is 2.14. The highest BCUT2D eigenvalue weighted by atomic mass is 16.1. The topological polar surface area (TPSA) is 38.8 Å². The molecule has 0 saturated carbocycles. The highest BCUT2D eigenvalue weighted by Crippen LogP contribution is 2.19. The zero-order valence-electron chi connectivity index (χ0n) is 15.5. The van der Waals surface area contributed by atoms with Gasteiger partial charge in [0.2, 0.25) is 5.91 Å². The molecule has 2 heterocycles. The number of nitrogens with zero attached hydrogens (tertiary/aromatic N) is 3. The Labute approximate surface area is 152 Å². The third-order valence-electron chi connectivity index (χ3n) is 5.37. The van der Waals surface area contributed by atoms with E-state index in [4.69, 9.17) is 0 Å². The first kappa shape index (κ1) is 18.2. The lowest BCUT2D eigenvalue weighted by atomic mass is 10.2. The molecule has 3 rings (SSSR count). The van der Waals surface area contributed by atoms with Crippen LogP contribution in [0.25, 0.3) is 0 Å². The van der Waals surface area contributed by atoms with Crippen molar-refractivity contribution in [1.29, 1.82) is 0 Å². The monoisotopic (exact) mass is 344 g/mol. The van der Waals surface area contributed by atoms with Gasteiger partial charge in [-0.1, -0.05) is 12.8 Å². The number of carbonyl (C=O) groups excluding carboxylic acids is 1. The third kappa shape index (κ3) is 5.72. The fourth-order valence-corrected chi connectivity index (χ4v) is 3.66. The number of carbonyl (C=O) groups is 1. The summed E-state index contributed by atoms with van der Waals surface area (Å²) in [5.74, 6) is 0.122. The number of likely N-dealkylation sites (N-methyl/N-ethyl adjacent to an activating group) is 1. The van der Waals surface area contributed by atoms with Gasteiger partial charge in [-0.3, -0.25) is 4.79 Å². The molecule has 0 bridgehead atoms. The smallest absolute Gasteiger partial charge is 0.225 e. The summed E-state index contributed by atoms with van der Waals surface area (Å²) in [6.07, 6.45) is 5.80. The van der Waals surface area contributed by atoms with E-state index in [9.17, 15) is 4.79 Å². The molecule has 1 amide bonds. The van der Waals surface area contributed by atoms with Crippen LogP contribution in [0.4, 0.5) is 11.4 Å². The predicted octanol–water partition coefficient (Wildman–Crippen LogP) is 2.64. The molecule has 1 aromatic rings. The normalized spacial score (nSPS) is 20.3. The molecule has 0 atom stereocenters. The SMILES string of the molecule is CN1CCN(c2ccc(NC(=O)CCN3CCCCCC3)cc2)CC1. The van der Waals surface area contributed by atoms with Gasteiger partial charge >= 0.3 is 0 Å². The molecule has 138 valence electrons. The van der Waals surface area contributed by atoms with Gasteiger partial charge in [0, 0.05) is 50.5 Å². The van der Waals surface area contributed by atoms with Gasteiger partial charge in [0.1, 0.15) is 0 Å². The van der Waals surface area contributed by atoms with Crippen LogP contribution in [0, 0.1) is 0 Å². The van der Waals surface area contributed by atoms with E-state index in [-0.39, 0.29) is 5.91 Å². The Morgan fingerprint density at radius 2 is 1.56 bits per heavy atom. The van der Waals surface area contributed by atoms with Crippen LogP contribution in [0.3, 0.4) is 0 Å². The molecule has 2 saturated heterocycles. The van der Waals surface area contributed by atoms with Crippen LogP contribution >= 0.6 is 0 Å². The van der Waals surface area contributed by atoms with Crippen molar-refractivity contribution in [2.45, 2.75) is 32.1 Å². The molecule has 25 heavy (non-hydrogen) atoms. The second kappa shape index (κ2) is 9.20. The maximum atomic E-state index is 12.2. The Morgan fingerprint density at radius 1 is 0.920 bits per heavy atom. The quantitative estimate of drug-likeness (QED) is 0.891. The zero-order valence-corrected chi connectivity index (χ0v) is 15.5. The Morgan fingerprint density at radius 3 is 2.20 bits per heavy atom. The van der Waals surface area contributed by atoms with Crippen molar-refractivity contribution >= 4 is 17.3 Å². The summed E-state index contributed by atoms with van der Waals surface area (Å²) >= 11 is 0. The molecule has 0 aliphatic carbocycles. The number of likely N-dealkylation sites (tertiary alicyclic amines) is 1. The number of hydrogen-bond donors (Lipinski definition) is 1. The highest BCUT2D eigenvalue weighted by molar-refractivity contribution is 5.91. The summed E-state index contributed by atoms with van der Waals surface area (Å²) in [6.45, 7) is 7.52. The first-order valence-corrected chi connectivity index (χ1v) is 9.76. The Bertz CT molecular complexity index is 529. The molecule has 2 aliphatic heterocycles. The number of anilines is 2. The van der Waals surface area contributed by atoms with Crippen LogP contribution in [-0.2, 0) is 4.79 Å². The number of piperazine rings is 1. The lowest BCUT2D eigenvalue weighted by molar-refractivity contribution is -0.116. The van der Waals surface area contributed by atoms with Gasteiger partial charge < -0.3 is 20.0 Å². The molecule has 1 aromatic carbocycles. The Hall–Kier alpha value is -1.59. The van der Waals surface area contributed by atoms with Gasteiger partial charge in [-0.15, -0.1) is 0 Å². The van der Waals surface area contributed by atoms with E-state index in [0.29, 0.717) is 6.42 Å². The minimum atomic E-state index is 0.122. The molecule has 5 heteroatoms. The first-order chi connectivity index (χ1) is 12.2. The third-order valence-corrected chi connectivity index (χ3v) is 5.37. The fraction of sp³-hybridized carbons (Fsp3) is 0.650. The van der Waals surface area contributed by atoms with Crippen LogP contribution in [0.15, 0.2) is 24.3 Å². The van der Waals surface area contributed by atoms with Gasteiger partial charge in [0.25, 0.3) is 0 Å². The van der Waals surface area contributed by atoms with Gasteiger partial charge in [-0.25, -0.2) is 0 Å². The maximum absolute atomic E-state index is 12.2. The van der Waals surface area contributed by atoms with E-state index in [2.05, 4.69) is 39.2 Å². The molecular weight excluding hydrogens is 312 g/mol. The molecule has 0 unspecified atom stereocenters. The van der Waals surface area contributed by atoms with Crippen LogP contribution in [0.2, 0.25) is 0 Å². The lowest BCUT2D eigenvalue weighted by Gasteiger charge is -2.34. The minimum absolute atomic E-state index is 0.122. The van der Waals surface area contributed by atoms with E-state index >= 15 is 0 Å². The number of amides is 1. The average molecular weight is 345 g/mol. The number of hydrogen-bond acceptors (Lipinski definition) is 4. The summed E-state index contributed by atoms with van der Waals surface area (Å²) < 4.78 is 0. The van der Waals surface area contributed by atoms with Gasteiger partial charge in [-0.2, -0.15) is 0 Å². The molecule has 0 aromatic heterocycles. The summed E-state index contributed by atoms with van der Waals surface area (Å²) in [5, 5.41) is 3.04. The van der Waals surface area contributed by atoms with Crippen molar-refractivity contribution in [2.75, 3.05) is 63.1 Å². The number of nitrogens with one attached hydrogen (secondary N) is 1. The second-order valence-corrected chi connectivity index (χ2v) is 7.39. The van der Waals surface area contributed by atoms with Gasteiger partial charge in [0.05, 0.1) is 0 Å². The van der Waals surface area contributed by atoms with Crippen molar-refractivity contribution in [2.24, 2.45) is 0 Å². The van der Waals surface area contributed by atoms with Crippen LogP contribution < -0.4 is 10.2 Å². The number of benzene rings is 1. The second-order valence-electron chi connectivity index (χ2n) is 7.39. The minimum Gasteiger partial charge on any atom is -0.369 e. The van der Waals surface area contributed by atoms with Crippen LogP contribution in [0.5, 0.6) is 0 Å². The van der Waals surface area contributed by atoms with E-state index in [1.165, 1.54) is 31.4 Å². The van der Waals surface area contributed by atoms with E-state index in [1.807, 2.05) is 12.1 Å². The molecule has 2 aliphatic rings. The van der Waals surface area contributed by atoms with E-state index < -0.39 is 0 Å². The molecule has 1 N–H and O–H groups in total. The van der Waals surface area contributed by atoms with Crippen molar-refractivity contribution in [1.82, 2.24) is 9.80 Å². The largest absolute Gasteiger partial charge is 0.369 e. The van der Waals surface area contributed by atoms with Gasteiger partial charge in [0.15, 0.2) is 0 Å². The van der Waals surface area contributed by atoms with Crippen molar-refractivity contribution in [3.8, 4) is 0 Å². The van der Waals surface area contributed by atoms with Crippen molar-refractivity contribution in [3.63, 3.8) is 0 Å². The molecular formula is C20H32N4O. The molecule has 0 radical (unpaired) electrons. The van der Waals surface area contributed by atoms with Crippen molar-refractivity contribution < 1.29 is 4.79 Å². The van der Waals surface area contributed by atoms with Crippen LogP contribution in [0.1, 0.15) is 32.1 Å². The Kier molecular flexibility index (Phi) is 6.70. The fourth-order valence-electron chi connectivity index (χ4n) is 3.66. The maximum Gasteiger partial charge on any atom is 0.225 e. The number of rotatable bonds is 5. The first-order valence-electron chi connectivity index (χ1n) is 9.76. The van der Waals surface area contributed by atoms with E-state index in [1.54, 1.807) is 0 Å². The summed E-state index contributed by atoms with van der Waals surface area (Å²) in [6, 6.07) is 8.29. The summed E-state index contributed by atoms with van der Waals surface area (Å²) in [5.41, 5.74) is 2.15. The summed E-state index contributed by atoms with van der Waals surface area (Å²) in [4.78, 5) is 19.4. The van der Waals surface area contributed by atoms with Gasteiger partial charge in [-0.05, 0) is 57.2 Å². The van der Waals surface area contributed by atoms with E-state index in [0.717, 1.165) is 51.5 Å². The predicted molar refractivity (Wildman–Crippen MR) is 104 cm³/mol. The summed E-state index contributed by atoms with van der Waals surface area (Å²) in [7, 11) is 2.17. The molecule has 2 fully saturated rings. The molecule has 0 spiro atoms. The molecule has 5 nitrogen and oxygen atoms in total. The average Bonchev–Trinajstić information content (AvgIpc) is 2.90. The zero-order chi connectivity index (χ0) is 17.5. The standard InChI is InChI=1S/C20H32N4O/c1-22-14-16-24(17-15-22)19-8-6-18(7-9-19)21-20(25)10-13-23-11-4-2-3-5-12-23/h6-9H,2-5,10-17H2,1H3,(H,21,25). The Balaban J connectivity index is 1.43. The lowest BCUT2D eigenvalue weighted by Crippen LogP contribution is -2.44. The van der Waals surface area contributed by atoms with Crippen LogP contribution in [-0.4, -0.2) is 68.6 Å². The van der Waals surface area contributed by atoms with Crippen molar-refractivity contribution in [3.05, 3.63) is 24.3 Å².